The lowest BCUT2D eigenvalue weighted by Gasteiger charge is -1.99. The maximum Gasteiger partial charge on any atom is 0.118 e. The lowest BCUT2D eigenvalue weighted by Crippen LogP contribution is -1.81. The molecule has 0 aliphatic rings. The molecular weight excluding hydrogens is 282 g/mol. The normalized spacial score (nSPS) is 11.4. The van der Waals surface area contributed by atoms with Gasteiger partial charge in [-0.1, -0.05) is 48.0 Å². The molecule has 0 aliphatic carbocycles. The van der Waals surface area contributed by atoms with Gasteiger partial charge in [-0.05, 0) is 41.5 Å². The molecule has 0 bridgehead atoms. The van der Waals surface area contributed by atoms with Crippen molar-refractivity contribution in [3.05, 3.63) is 76.8 Å². The number of hydrogen-bond donors (Lipinski definition) is 0. The van der Waals surface area contributed by atoms with Crippen molar-refractivity contribution in [2.75, 3.05) is 7.11 Å². The molecule has 0 fully saturated rings. The summed E-state index contributed by atoms with van der Waals surface area (Å²) in [7, 11) is 1.64. The van der Waals surface area contributed by atoms with Gasteiger partial charge < -0.3 is 4.74 Å². The van der Waals surface area contributed by atoms with Crippen molar-refractivity contribution in [3.8, 4) is 11.8 Å². The third kappa shape index (κ3) is 4.24. The largest absolute Gasteiger partial charge is 0.497 e. The first kappa shape index (κ1) is 14.9. The van der Waals surface area contributed by atoms with Gasteiger partial charge in [-0.25, -0.2) is 0 Å². The Bertz CT molecular complexity index is 691. The molecule has 2 aromatic rings. The van der Waals surface area contributed by atoms with Gasteiger partial charge in [-0.2, -0.15) is 5.26 Å². The number of hydrogen-bond acceptors (Lipinski definition) is 2. The molecule has 0 saturated carbocycles. The van der Waals surface area contributed by atoms with E-state index in [4.69, 9.17) is 16.3 Å². The van der Waals surface area contributed by atoms with E-state index in [9.17, 15) is 5.26 Å². The molecule has 2 aromatic carbocycles. The summed E-state index contributed by atoms with van der Waals surface area (Å²) in [4.78, 5) is 0. The number of nitrogens with zero attached hydrogens (tertiary/aromatic N) is 1. The molecule has 0 aromatic heterocycles. The van der Waals surface area contributed by atoms with Crippen LogP contribution in [-0.4, -0.2) is 7.11 Å². The van der Waals surface area contributed by atoms with E-state index in [-0.39, 0.29) is 0 Å². The van der Waals surface area contributed by atoms with Gasteiger partial charge in [-0.3, -0.25) is 0 Å². The summed E-state index contributed by atoms with van der Waals surface area (Å²) < 4.78 is 5.11. The van der Waals surface area contributed by atoms with Crippen LogP contribution < -0.4 is 4.74 Å². The molecule has 3 heteroatoms. The SMILES string of the molecule is COc1ccc(/C=C/C=C(\C#N)c2ccc(Cl)cc2)cc1. The minimum Gasteiger partial charge on any atom is -0.497 e. The molecule has 2 rings (SSSR count). The fraction of sp³-hybridized carbons (Fsp3) is 0.0556. The second-order valence-corrected chi connectivity index (χ2v) is 4.77. The molecule has 0 saturated heterocycles. The molecule has 0 atom stereocenters. The van der Waals surface area contributed by atoms with E-state index >= 15 is 0 Å². The smallest absolute Gasteiger partial charge is 0.118 e. The van der Waals surface area contributed by atoms with Crippen molar-refractivity contribution in [3.63, 3.8) is 0 Å². The summed E-state index contributed by atoms with van der Waals surface area (Å²) in [6.45, 7) is 0. The summed E-state index contributed by atoms with van der Waals surface area (Å²) in [5, 5.41) is 9.87. The maximum absolute atomic E-state index is 9.21. The Kier molecular flexibility index (Phi) is 5.20. The van der Waals surface area contributed by atoms with E-state index in [1.165, 1.54) is 0 Å². The van der Waals surface area contributed by atoms with E-state index in [0.717, 1.165) is 16.9 Å². The van der Waals surface area contributed by atoms with Crippen LogP contribution in [0.15, 0.2) is 60.7 Å². The van der Waals surface area contributed by atoms with Crippen molar-refractivity contribution >= 4 is 23.3 Å². The van der Waals surface area contributed by atoms with Gasteiger partial charge in [0, 0.05) is 5.02 Å². The molecule has 0 amide bonds. The summed E-state index contributed by atoms with van der Waals surface area (Å²) in [5.74, 6) is 0.821. The fourth-order valence-corrected chi connectivity index (χ4v) is 1.92. The fourth-order valence-electron chi connectivity index (χ4n) is 1.80. The van der Waals surface area contributed by atoms with Crippen molar-refractivity contribution in [2.24, 2.45) is 0 Å². The molecule has 2 nitrogen and oxygen atoms in total. The molecule has 0 heterocycles. The highest BCUT2D eigenvalue weighted by molar-refractivity contribution is 6.30. The Morgan fingerprint density at radius 3 is 2.33 bits per heavy atom. The molecule has 0 radical (unpaired) electrons. The van der Waals surface area contributed by atoms with Gasteiger partial charge in [0.05, 0.1) is 18.8 Å². The number of ether oxygens (including phenoxy) is 1. The van der Waals surface area contributed by atoms with Crippen LogP contribution in [-0.2, 0) is 0 Å². The third-order valence-corrected chi connectivity index (χ3v) is 3.20. The highest BCUT2D eigenvalue weighted by Gasteiger charge is 1.98. The van der Waals surface area contributed by atoms with E-state index < -0.39 is 0 Å². The van der Waals surface area contributed by atoms with Gasteiger partial charge in [0.15, 0.2) is 0 Å². The molecule has 0 unspecified atom stereocenters. The second kappa shape index (κ2) is 7.33. The highest BCUT2D eigenvalue weighted by atomic mass is 35.5. The first-order chi connectivity index (χ1) is 10.2. The van der Waals surface area contributed by atoms with Gasteiger partial charge in [-0.15, -0.1) is 0 Å². The third-order valence-electron chi connectivity index (χ3n) is 2.94. The second-order valence-electron chi connectivity index (χ2n) is 4.33. The van der Waals surface area contributed by atoms with Crippen LogP contribution >= 0.6 is 11.6 Å². The number of allylic oxidation sites excluding steroid dienone is 3. The zero-order valence-electron chi connectivity index (χ0n) is 11.6. The van der Waals surface area contributed by atoms with Crippen LogP contribution in [0, 0.1) is 11.3 Å². The van der Waals surface area contributed by atoms with Gasteiger partial charge in [0.2, 0.25) is 0 Å². The predicted octanol–water partition coefficient (Wildman–Crippen LogP) is 4.97. The number of rotatable bonds is 4. The standard InChI is InChI=1S/C18H14ClNO/c1-21-18-11-5-14(6-12-18)3-2-4-16(13-20)15-7-9-17(19)10-8-15/h2-12H,1H3/b3-2+,16-4+. The van der Waals surface area contributed by atoms with Crippen LogP contribution in [0.25, 0.3) is 11.6 Å². The monoisotopic (exact) mass is 295 g/mol. The number of benzene rings is 2. The van der Waals surface area contributed by atoms with Gasteiger partial charge in [0.25, 0.3) is 0 Å². The maximum atomic E-state index is 9.21. The van der Waals surface area contributed by atoms with Crippen molar-refractivity contribution in [1.29, 1.82) is 5.26 Å². The summed E-state index contributed by atoms with van der Waals surface area (Å²) in [5.41, 5.74) is 2.48. The Hall–Kier alpha value is -2.50. The zero-order chi connectivity index (χ0) is 15.1. The molecule has 0 spiro atoms. The van der Waals surface area contributed by atoms with Crippen molar-refractivity contribution in [1.82, 2.24) is 0 Å². The van der Waals surface area contributed by atoms with Crippen LogP contribution in [0.1, 0.15) is 11.1 Å². The Morgan fingerprint density at radius 1 is 1.10 bits per heavy atom. The summed E-state index contributed by atoms with van der Waals surface area (Å²) in [6, 6.07) is 17.1. The minimum atomic E-state index is 0.594. The lowest BCUT2D eigenvalue weighted by atomic mass is 10.1. The highest BCUT2D eigenvalue weighted by Crippen LogP contribution is 2.18. The molecule has 104 valence electrons. The average molecular weight is 296 g/mol. The van der Waals surface area contributed by atoms with E-state index in [0.29, 0.717) is 10.6 Å². The predicted molar refractivity (Wildman–Crippen MR) is 87.1 cm³/mol. The van der Waals surface area contributed by atoms with E-state index in [2.05, 4.69) is 6.07 Å². The van der Waals surface area contributed by atoms with Crippen molar-refractivity contribution < 1.29 is 4.74 Å². The van der Waals surface area contributed by atoms with Gasteiger partial charge >= 0.3 is 0 Å². The molecule has 21 heavy (non-hydrogen) atoms. The number of halogens is 1. The first-order valence-electron chi connectivity index (χ1n) is 6.41. The lowest BCUT2D eigenvalue weighted by molar-refractivity contribution is 0.415. The zero-order valence-corrected chi connectivity index (χ0v) is 12.3. The van der Waals surface area contributed by atoms with Crippen LogP contribution in [0.2, 0.25) is 5.02 Å². The first-order valence-corrected chi connectivity index (χ1v) is 6.79. The number of methoxy groups -OCH3 is 1. The van der Waals surface area contributed by atoms with Gasteiger partial charge in [0.1, 0.15) is 5.75 Å². The topological polar surface area (TPSA) is 33.0 Å². The summed E-state index contributed by atoms with van der Waals surface area (Å²) >= 11 is 5.84. The average Bonchev–Trinajstić information content (AvgIpc) is 2.53. The van der Waals surface area contributed by atoms with Crippen LogP contribution in [0.5, 0.6) is 5.75 Å². The Morgan fingerprint density at radius 2 is 1.76 bits per heavy atom. The Balaban J connectivity index is 2.15. The van der Waals surface area contributed by atoms with E-state index in [1.54, 1.807) is 25.3 Å². The summed E-state index contributed by atoms with van der Waals surface area (Å²) in [6.07, 6.45) is 5.58. The number of nitriles is 1. The molecule has 0 aliphatic heterocycles. The van der Waals surface area contributed by atoms with Crippen molar-refractivity contribution in [2.45, 2.75) is 0 Å². The Labute approximate surface area is 129 Å². The van der Waals surface area contributed by atoms with E-state index in [1.807, 2.05) is 48.6 Å². The molecule has 0 N–H and O–H groups in total. The van der Waals surface area contributed by atoms with Crippen LogP contribution in [0.4, 0.5) is 0 Å². The minimum absolute atomic E-state index is 0.594. The quantitative estimate of drug-likeness (QED) is 0.589. The molecular formula is C18H14ClNO. The van der Waals surface area contributed by atoms with Crippen LogP contribution in [0.3, 0.4) is 0 Å².